The summed E-state index contributed by atoms with van der Waals surface area (Å²) in [5, 5.41) is 7.33. The van der Waals surface area contributed by atoms with Crippen molar-refractivity contribution in [3.05, 3.63) is 143 Å². The lowest BCUT2D eigenvalue weighted by Gasteiger charge is -2.21. The van der Waals surface area contributed by atoms with Crippen LogP contribution in [0.1, 0.15) is 22.3 Å². The van der Waals surface area contributed by atoms with Crippen molar-refractivity contribution < 1.29 is 0 Å². The van der Waals surface area contributed by atoms with Crippen molar-refractivity contribution in [3.63, 3.8) is 0 Å². The topological polar surface area (TPSA) is 48.8 Å². The number of aliphatic imine (C=N–C) groups is 2. The highest BCUT2D eigenvalue weighted by atomic mass is 28.3. The fourth-order valence-electron chi connectivity index (χ4n) is 5.10. The zero-order chi connectivity index (χ0) is 42.1. The highest BCUT2D eigenvalue weighted by Crippen LogP contribution is 2.26. The van der Waals surface area contributed by atoms with Gasteiger partial charge >= 0.3 is 0 Å². The van der Waals surface area contributed by atoms with E-state index in [-0.39, 0.29) is 0 Å². The Kier molecular flexibility index (Phi) is 13.8. The molecule has 0 saturated carbocycles. The predicted molar refractivity (Wildman–Crippen MR) is 264 cm³/mol. The van der Waals surface area contributed by atoms with Crippen molar-refractivity contribution in [3.8, 4) is 45.9 Å². The van der Waals surface area contributed by atoms with Crippen LogP contribution in [0.4, 0.5) is 22.7 Å². The van der Waals surface area contributed by atoms with Crippen molar-refractivity contribution >= 4 is 66.5 Å². The Bertz CT molecular complexity index is 2320. The summed E-state index contributed by atoms with van der Waals surface area (Å²) in [6, 6.07) is 32.9. The number of allylic oxidation sites excluding steroid dienone is 2. The number of nitrogens with one attached hydrogen (secondary N) is 2. The minimum absolute atomic E-state index is 0.763. The molecule has 1 aliphatic rings. The molecule has 0 atom stereocenters. The molecular weight excluding hydrogens is 769 g/mol. The summed E-state index contributed by atoms with van der Waals surface area (Å²) in [7, 11) is -6.00. The van der Waals surface area contributed by atoms with Crippen LogP contribution >= 0.6 is 0 Å². The molecule has 0 aromatic heterocycles. The minimum atomic E-state index is -1.50. The number of hydrogen-bond donors (Lipinski definition) is 2. The molecule has 292 valence electrons. The molecule has 4 aromatic carbocycles. The van der Waals surface area contributed by atoms with Crippen LogP contribution in [-0.2, 0) is 0 Å². The summed E-state index contributed by atoms with van der Waals surface area (Å²) < 4.78 is 0. The summed E-state index contributed by atoms with van der Waals surface area (Å²) >= 11 is 0. The van der Waals surface area contributed by atoms with Crippen molar-refractivity contribution in [2.75, 3.05) is 10.6 Å². The van der Waals surface area contributed by atoms with E-state index in [4.69, 9.17) is 9.98 Å². The largest absolute Gasteiger partial charge is 0.354 e. The molecule has 4 nitrogen and oxygen atoms in total. The molecule has 0 amide bonds. The van der Waals surface area contributed by atoms with Gasteiger partial charge in [0.25, 0.3) is 0 Å². The fourth-order valence-corrected chi connectivity index (χ4v) is 7.18. The number of nitrogens with zero attached hydrogens (tertiary/aromatic N) is 2. The van der Waals surface area contributed by atoms with Crippen LogP contribution in [-0.4, -0.2) is 43.7 Å². The van der Waals surface area contributed by atoms with E-state index in [9.17, 15) is 0 Å². The maximum absolute atomic E-state index is 5.20. The Morgan fingerprint density at radius 3 is 0.828 bits per heavy atom. The van der Waals surface area contributed by atoms with Gasteiger partial charge in [-0.3, -0.25) is 0 Å². The molecule has 4 aromatic rings. The van der Waals surface area contributed by atoms with Gasteiger partial charge in [-0.15, -0.1) is 22.2 Å². The fraction of sp³-hybridized carbons (Fsp3) is 0.240. The van der Waals surface area contributed by atoms with Gasteiger partial charge in [0, 0.05) is 33.6 Å². The molecule has 0 heterocycles. The summed E-state index contributed by atoms with van der Waals surface area (Å²) in [4.78, 5) is 10.4. The quantitative estimate of drug-likeness (QED) is 0.116. The smallest absolute Gasteiger partial charge is 0.129 e. The SMILES string of the molecule is C[Si](C)(C)C#Cc1ccc(N=C2C=C(Nc3ccc(C#C[Si](C)(C)C)cc3)C(=Nc3ccc(C#C[Si](C)(C)C)cc3)C=C2Nc2ccc(C#C[Si](C)(C)C)cc2)cc1. The van der Waals surface area contributed by atoms with E-state index in [2.05, 4.69) is 196 Å². The predicted octanol–water partition coefficient (Wildman–Crippen LogP) is 12.5. The summed E-state index contributed by atoms with van der Waals surface area (Å²) in [6.07, 6.45) is 4.14. The molecule has 58 heavy (non-hydrogen) atoms. The van der Waals surface area contributed by atoms with Crippen LogP contribution in [0.2, 0.25) is 78.6 Å². The van der Waals surface area contributed by atoms with Crippen molar-refractivity contribution in [1.82, 2.24) is 0 Å². The molecule has 0 fully saturated rings. The summed E-state index contributed by atoms with van der Waals surface area (Å²) in [5.74, 6) is 13.5. The highest BCUT2D eigenvalue weighted by molar-refractivity contribution is 6.85. The van der Waals surface area contributed by atoms with Crippen LogP contribution in [0.25, 0.3) is 0 Å². The van der Waals surface area contributed by atoms with Gasteiger partial charge in [-0.05, 0) is 109 Å². The molecule has 0 unspecified atom stereocenters. The Labute approximate surface area is 352 Å². The van der Waals surface area contributed by atoms with Gasteiger partial charge in [0.1, 0.15) is 32.3 Å². The second-order valence-corrected chi connectivity index (χ2v) is 37.6. The van der Waals surface area contributed by atoms with E-state index < -0.39 is 32.3 Å². The van der Waals surface area contributed by atoms with E-state index in [0.29, 0.717) is 0 Å². The summed E-state index contributed by atoms with van der Waals surface area (Å²) in [6.45, 7) is 27.1. The first kappa shape index (κ1) is 43.5. The number of anilines is 2. The lowest BCUT2D eigenvalue weighted by atomic mass is 10.0. The van der Waals surface area contributed by atoms with Gasteiger partial charge in [-0.2, -0.15) is 0 Å². The molecule has 8 heteroatoms. The van der Waals surface area contributed by atoms with E-state index in [0.717, 1.165) is 67.8 Å². The van der Waals surface area contributed by atoms with E-state index in [1.165, 1.54) is 0 Å². The lowest BCUT2D eigenvalue weighted by molar-refractivity contribution is 1.40. The van der Waals surface area contributed by atoms with E-state index >= 15 is 0 Å². The van der Waals surface area contributed by atoms with E-state index in [1.54, 1.807) is 0 Å². The molecule has 1 aliphatic carbocycles. The molecule has 5 rings (SSSR count). The van der Waals surface area contributed by atoms with Crippen LogP contribution in [0, 0.1) is 45.9 Å². The maximum Gasteiger partial charge on any atom is 0.129 e. The van der Waals surface area contributed by atoms with Gasteiger partial charge in [0.15, 0.2) is 0 Å². The number of rotatable bonds is 6. The third-order valence-corrected chi connectivity index (χ3v) is 11.5. The zero-order valence-corrected chi connectivity index (χ0v) is 40.3. The summed E-state index contributed by atoms with van der Waals surface area (Å²) in [5.41, 5.74) is 24.5. The van der Waals surface area contributed by atoms with E-state index in [1.807, 2.05) is 48.5 Å². The monoisotopic (exact) mass is 824 g/mol. The first-order valence-electron chi connectivity index (χ1n) is 19.8. The standard InChI is InChI=1S/C50H56N4Si4/c1-55(2,3)33-29-39-13-21-43(22-14-39)51-47-37-49(53-45-25-17-41(18-26-45)31-35-57(7,8)9)50(54-46-27-19-42(20-28-46)32-36-58(10,11)12)38-48(47)52-44-23-15-40(16-24-44)30-34-56(4,5)6/h13-28,37-38,51,54H,1-12H3. The molecule has 0 bridgehead atoms. The van der Waals surface area contributed by atoms with Gasteiger partial charge < -0.3 is 10.6 Å². The van der Waals surface area contributed by atoms with Gasteiger partial charge in [0.05, 0.1) is 34.2 Å². The van der Waals surface area contributed by atoms with Crippen molar-refractivity contribution in [1.29, 1.82) is 0 Å². The first-order valence-corrected chi connectivity index (χ1v) is 33.8. The zero-order valence-electron chi connectivity index (χ0n) is 36.3. The number of benzene rings is 4. The van der Waals surface area contributed by atoms with Crippen LogP contribution in [0.5, 0.6) is 0 Å². The van der Waals surface area contributed by atoms with Crippen molar-refractivity contribution in [2.24, 2.45) is 9.98 Å². The average molecular weight is 825 g/mol. The molecule has 2 N–H and O–H groups in total. The van der Waals surface area contributed by atoms with Crippen molar-refractivity contribution in [2.45, 2.75) is 78.6 Å². The molecule has 0 aliphatic heterocycles. The minimum Gasteiger partial charge on any atom is -0.354 e. The lowest BCUT2D eigenvalue weighted by Crippen LogP contribution is -2.22. The second-order valence-electron chi connectivity index (χ2n) is 18.6. The maximum atomic E-state index is 5.20. The third-order valence-electron chi connectivity index (χ3n) is 8.00. The highest BCUT2D eigenvalue weighted by Gasteiger charge is 2.20. The van der Waals surface area contributed by atoms with Crippen LogP contribution in [0.3, 0.4) is 0 Å². The van der Waals surface area contributed by atoms with Gasteiger partial charge in [-0.25, -0.2) is 9.98 Å². The Morgan fingerprint density at radius 1 is 0.345 bits per heavy atom. The molecular formula is C50H56N4Si4. The van der Waals surface area contributed by atoms with Crippen LogP contribution in [0.15, 0.2) is 131 Å². The Balaban J connectivity index is 1.59. The normalized spacial score (nSPS) is 14.3. The first-order chi connectivity index (χ1) is 27.1. The van der Waals surface area contributed by atoms with Gasteiger partial charge in [-0.1, -0.05) is 102 Å². The van der Waals surface area contributed by atoms with Crippen LogP contribution < -0.4 is 10.6 Å². The Hall–Kier alpha value is -5.59. The average Bonchev–Trinajstić information content (AvgIpc) is 3.14. The van der Waals surface area contributed by atoms with Gasteiger partial charge in [0.2, 0.25) is 0 Å². The molecule has 0 spiro atoms. The Morgan fingerprint density at radius 2 is 0.586 bits per heavy atom. The molecule has 0 saturated heterocycles. The molecule has 0 radical (unpaired) electrons. The third kappa shape index (κ3) is 15.1. The number of hydrogen-bond acceptors (Lipinski definition) is 4. The second kappa shape index (κ2) is 18.3.